The Morgan fingerprint density at radius 1 is 1.50 bits per heavy atom. The van der Waals surface area contributed by atoms with E-state index in [0.717, 1.165) is 12.8 Å². The van der Waals surface area contributed by atoms with Gasteiger partial charge < -0.3 is 5.11 Å². The molecule has 1 fully saturated rings. The van der Waals surface area contributed by atoms with E-state index in [9.17, 15) is 0 Å². The van der Waals surface area contributed by atoms with E-state index in [2.05, 4.69) is 12.6 Å². The van der Waals surface area contributed by atoms with Crippen LogP contribution in [0.25, 0.3) is 0 Å². The maximum atomic E-state index is 8.64. The van der Waals surface area contributed by atoms with Crippen LogP contribution in [0.4, 0.5) is 0 Å². The lowest BCUT2D eigenvalue weighted by atomic mass is 9.96. The molecule has 2 atom stereocenters. The van der Waals surface area contributed by atoms with E-state index in [1.165, 1.54) is 0 Å². The van der Waals surface area contributed by atoms with Crippen molar-refractivity contribution in [3.8, 4) is 0 Å². The van der Waals surface area contributed by atoms with Crippen LogP contribution in [-0.4, -0.2) is 16.5 Å². The zero-order valence-electron chi connectivity index (χ0n) is 3.46. The third kappa shape index (κ3) is 0.545. The molecule has 0 aromatic carbocycles. The Kier molecular flexibility index (Phi) is 1.06. The summed E-state index contributed by atoms with van der Waals surface area (Å²) in [6.07, 6.45) is 1.94. The molecule has 0 aromatic rings. The van der Waals surface area contributed by atoms with E-state index in [-0.39, 0.29) is 11.4 Å². The summed E-state index contributed by atoms with van der Waals surface area (Å²) >= 11 is 4.03. The average molecular weight is 104 g/mol. The average Bonchev–Trinajstić information content (AvgIpc) is 1.61. The van der Waals surface area contributed by atoms with Gasteiger partial charge in [0.05, 0.1) is 6.10 Å². The van der Waals surface area contributed by atoms with Crippen molar-refractivity contribution >= 4 is 12.6 Å². The summed E-state index contributed by atoms with van der Waals surface area (Å²) in [5, 5.41) is 8.92. The van der Waals surface area contributed by atoms with Gasteiger partial charge in [-0.15, -0.1) is 0 Å². The van der Waals surface area contributed by atoms with Crippen LogP contribution in [0.5, 0.6) is 0 Å². The van der Waals surface area contributed by atoms with Crippen molar-refractivity contribution in [3.05, 3.63) is 0 Å². The van der Waals surface area contributed by atoms with Crippen molar-refractivity contribution in [3.63, 3.8) is 0 Å². The highest BCUT2D eigenvalue weighted by Gasteiger charge is 2.24. The van der Waals surface area contributed by atoms with Crippen LogP contribution in [0.15, 0.2) is 0 Å². The number of aliphatic hydroxyl groups excluding tert-OH is 1. The molecular formula is C4H8OS. The maximum absolute atomic E-state index is 8.64. The Balaban J connectivity index is 2.20. The van der Waals surface area contributed by atoms with Gasteiger partial charge in [-0.2, -0.15) is 12.6 Å². The smallest absolute Gasteiger partial charge is 0.0656 e. The van der Waals surface area contributed by atoms with Crippen LogP contribution in [0.1, 0.15) is 12.8 Å². The minimum atomic E-state index is -0.103. The molecular weight excluding hydrogens is 96.1 g/mol. The third-order valence-corrected chi connectivity index (χ3v) is 1.80. The van der Waals surface area contributed by atoms with E-state index in [0.29, 0.717) is 0 Å². The fraction of sp³-hybridized carbons (Fsp3) is 1.00. The minimum absolute atomic E-state index is 0.103. The molecule has 1 aliphatic carbocycles. The summed E-state index contributed by atoms with van der Waals surface area (Å²) in [6, 6.07) is 0. The fourth-order valence-corrected chi connectivity index (χ4v) is 0.763. The molecule has 0 radical (unpaired) electrons. The lowest BCUT2D eigenvalue weighted by molar-refractivity contribution is 0.104. The second-order valence-electron chi connectivity index (χ2n) is 1.71. The van der Waals surface area contributed by atoms with Crippen LogP contribution in [0, 0.1) is 0 Å². The quantitative estimate of drug-likeness (QED) is 0.427. The van der Waals surface area contributed by atoms with Crippen LogP contribution < -0.4 is 0 Å². The van der Waals surface area contributed by atoms with Gasteiger partial charge in [-0.3, -0.25) is 0 Å². The van der Waals surface area contributed by atoms with Crippen molar-refractivity contribution in [2.75, 3.05) is 0 Å². The molecule has 1 aliphatic rings. The fourth-order valence-electron chi connectivity index (χ4n) is 0.465. The molecule has 0 amide bonds. The number of rotatable bonds is 0. The number of hydrogen-bond acceptors (Lipinski definition) is 2. The second kappa shape index (κ2) is 1.43. The highest BCUT2D eigenvalue weighted by atomic mass is 32.1. The Hall–Kier alpha value is 0.310. The molecule has 0 aromatic heterocycles. The summed E-state index contributed by atoms with van der Waals surface area (Å²) in [5.74, 6) is 0. The largest absolute Gasteiger partial charge is 0.392 e. The van der Waals surface area contributed by atoms with Crippen molar-refractivity contribution in [2.24, 2.45) is 0 Å². The Bertz CT molecular complexity index is 47.5. The second-order valence-corrected chi connectivity index (χ2v) is 2.38. The van der Waals surface area contributed by atoms with Gasteiger partial charge in [0.1, 0.15) is 0 Å². The SMILES string of the molecule is OC1CCC1S. The number of aliphatic hydroxyl groups is 1. The molecule has 1 saturated carbocycles. The topological polar surface area (TPSA) is 20.2 Å². The van der Waals surface area contributed by atoms with Crippen molar-refractivity contribution < 1.29 is 5.11 Å². The molecule has 2 heteroatoms. The van der Waals surface area contributed by atoms with E-state index in [4.69, 9.17) is 5.11 Å². The monoisotopic (exact) mass is 104 g/mol. The molecule has 0 bridgehead atoms. The molecule has 1 nitrogen and oxygen atoms in total. The van der Waals surface area contributed by atoms with E-state index < -0.39 is 0 Å². The molecule has 1 N–H and O–H groups in total. The molecule has 6 heavy (non-hydrogen) atoms. The summed E-state index contributed by atoms with van der Waals surface area (Å²) in [5.41, 5.74) is 0. The van der Waals surface area contributed by atoms with Crippen molar-refractivity contribution in [2.45, 2.75) is 24.2 Å². The third-order valence-electron chi connectivity index (χ3n) is 1.20. The minimum Gasteiger partial charge on any atom is -0.392 e. The zero-order chi connectivity index (χ0) is 4.57. The normalized spacial score (nSPS) is 45.0. The van der Waals surface area contributed by atoms with Gasteiger partial charge in [-0.05, 0) is 12.8 Å². The molecule has 36 valence electrons. The first-order valence-electron chi connectivity index (χ1n) is 2.17. The predicted molar refractivity (Wildman–Crippen MR) is 28.0 cm³/mol. The van der Waals surface area contributed by atoms with Gasteiger partial charge in [-0.25, -0.2) is 0 Å². The standard InChI is InChI=1S/C4H8OS/c5-3-1-2-4(3)6/h3-6H,1-2H2. The maximum Gasteiger partial charge on any atom is 0.0656 e. The molecule has 0 saturated heterocycles. The summed E-state index contributed by atoms with van der Waals surface area (Å²) in [6.45, 7) is 0. The molecule has 0 heterocycles. The van der Waals surface area contributed by atoms with E-state index in [1.54, 1.807) is 0 Å². The molecule has 0 spiro atoms. The van der Waals surface area contributed by atoms with Crippen LogP contribution in [0.2, 0.25) is 0 Å². The van der Waals surface area contributed by atoms with Gasteiger partial charge >= 0.3 is 0 Å². The number of thiol groups is 1. The van der Waals surface area contributed by atoms with Gasteiger partial charge in [0.25, 0.3) is 0 Å². The Labute approximate surface area is 42.8 Å². The summed E-state index contributed by atoms with van der Waals surface area (Å²) in [4.78, 5) is 0. The van der Waals surface area contributed by atoms with Gasteiger partial charge in [0.15, 0.2) is 0 Å². The Morgan fingerprint density at radius 3 is 2.00 bits per heavy atom. The van der Waals surface area contributed by atoms with Crippen LogP contribution in [-0.2, 0) is 0 Å². The zero-order valence-corrected chi connectivity index (χ0v) is 4.36. The van der Waals surface area contributed by atoms with E-state index in [1.807, 2.05) is 0 Å². The number of hydrogen-bond donors (Lipinski definition) is 2. The molecule has 2 unspecified atom stereocenters. The van der Waals surface area contributed by atoms with Crippen molar-refractivity contribution in [1.29, 1.82) is 0 Å². The van der Waals surface area contributed by atoms with Crippen molar-refractivity contribution in [1.82, 2.24) is 0 Å². The molecule has 1 rings (SSSR count). The lowest BCUT2D eigenvalue weighted by Crippen LogP contribution is -2.31. The van der Waals surface area contributed by atoms with E-state index >= 15 is 0 Å². The first kappa shape index (κ1) is 4.47. The Morgan fingerprint density at radius 2 is 2.00 bits per heavy atom. The van der Waals surface area contributed by atoms with Gasteiger partial charge in [0, 0.05) is 5.25 Å². The highest BCUT2D eigenvalue weighted by Crippen LogP contribution is 2.24. The molecule has 0 aliphatic heterocycles. The van der Waals surface area contributed by atoms with Gasteiger partial charge in [0.2, 0.25) is 0 Å². The predicted octanol–water partition coefficient (Wildman–Crippen LogP) is 0.440. The lowest BCUT2D eigenvalue weighted by Gasteiger charge is -2.27. The first-order valence-corrected chi connectivity index (χ1v) is 2.68. The van der Waals surface area contributed by atoms with Gasteiger partial charge in [-0.1, -0.05) is 0 Å². The van der Waals surface area contributed by atoms with Crippen LogP contribution >= 0.6 is 12.6 Å². The summed E-state index contributed by atoms with van der Waals surface area (Å²) in [7, 11) is 0. The van der Waals surface area contributed by atoms with Crippen LogP contribution in [0.3, 0.4) is 0 Å². The first-order chi connectivity index (χ1) is 2.80. The highest BCUT2D eigenvalue weighted by molar-refractivity contribution is 7.81. The summed E-state index contributed by atoms with van der Waals surface area (Å²) < 4.78 is 0.